The van der Waals surface area contributed by atoms with Gasteiger partial charge in [0.25, 0.3) is 0 Å². The van der Waals surface area contributed by atoms with Crippen LogP contribution in [0.25, 0.3) is 0 Å². The summed E-state index contributed by atoms with van der Waals surface area (Å²) in [5.74, 6) is -7.19. The first-order valence-corrected chi connectivity index (χ1v) is 4.31. The number of hydrogen-bond donors (Lipinski definition) is 1. The van der Waals surface area contributed by atoms with Crippen molar-refractivity contribution in [3.8, 4) is 0 Å². The second-order valence-electron chi connectivity index (χ2n) is 3.46. The predicted octanol–water partition coefficient (Wildman–Crippen LogP) is -7.04. The van der Waals surface area contributed by atoms with Crippen LogP contribution in [0.1, 0.15) is 0 Å². The second kappa shape index (κ2) is 9.42. The first-order valence-electron chi connectivity index (χ1n) is 4.31. The summed E-state index contributed by atoms with van der Waals surface area (Å²) in [6.45, 7) is -4.46. The third-order valence-electron chi connectivity index (χ3n) is 1.86. The van der Waals surface area contributed by atoms with Crippen LogP contribution >= 0.6 is 0 Å². The minimum absolute atomic E-state index is 0. The molecule has 0 saturated carbocycles. The quantitative estimate of drug-likeness (QED) is 0.344. The van der Waals surface area contributed by atoms with Gasteiger partial charge in [-0.2, -0.15) is 0 Å². The molecule has 0 fully saturated rings. The van der Waals surface area contributed by atoms with Crippen LogP contribution in [0.15, 0.2) is 0 Å². The number of quaternary nitrogens is 1. The number of carboxylic acid groups (broad SMARTS) is 4. The minimum Gasteiger partial charge on any atom is -0.544 e. The molecule has 0 aromatic heterocycles. The molecule has 11 heteroatoms. The molecule has 0 bridgehead atoms. The standard InChI is InChI=1S/C8H11NO8.H3N.Pt/c10-5(11)1-9(2-6(12)13,3-7(14)15)4-8(16)17;;/h1-4H2,(H3-,10,11,12,13,14,15,16,17);1H3;/p-3. The van der Waals surface area contributed by atoms with E-state index in [0.717, 1.165) is 0 Å². The van der Waals surface area contributed by atoms with Gasteiger partial charge in [0, 0.05) is 21.1 Å². The van der Waals surface area contributed by atoms with Crippen molar-refractivity contribution in [3.05, 3.63) is 0 Å². The smallest absolute Gasteiger partial charge is 0.120 e. The Hall–Kier alpha value is -1.51. The van der Waals surface area contributed by atoms with Crippen molar-refractivity contribution in [2.45, 2.75) is 0 Å². The molecular formula is C8H11N2O8Pt-3. The molecule has 0 aromatic carbocycles. The largest absolute Gasteiger partial charge is 0.544 e. The molecule has 0 heterocycles. The van der Waals surface area contributed by atoms with Gasteiger partial charge in [0.05, 0.1) is 23.9 Å². The molecule has 0 atom stereocenters. The predicted molar refractivity (Wildman–Crippen MR) is 44.8 cm³/mol. The first-order chi connectivity index (χ1) is 7.67. The molecule has 0 aromatic rings. The Morgan fingerprint density at radius 1 is 0.632 bits per heavy atom. The van der Waals surface area contributed by atoms with E-state index in [2.05, 4.69) is 0 Å². The summed E-state index contributed by atoms with van der Waals surface area (Å²) in [7, 11) is 0. The number of hydrogen-bond acceptors (Lipinski definition) is 9. The van der Waals surface area contributed by atoms with Crippen LogP contribution < -0.4 is 26.6 Å². The molecular weight excluding hydrogens is 447 g/mol. The average molecular weight is 458 g/mol. The SMILES string of the molecule is N.O=C([O-])C[N+](CC(=O)[O-])(CC(=O)[O-])CC(=O)[O-].[Pt]. The van der Waals surface area contributed by atoms with Gasteiger partial charge in [0.2, 0.25) is 0 Å². The van der Waals surface area contributed by atoms with Gasteiger partial charge in [-0.15, -0.1) is 0 Å². The summed E-state index contributed by atoms with van der Waals surface area (Å²) in [5, 5.41) is 41.6. The monoisotopic (exact) mass is 458 g/mol. The topological polar surface area (TPSA) is 196 Å². The Balaban J connectivity index is -0.00000128. The number of aliphatic carboxylic acids is 4. The molecule has 0 spiro atoms. The molecule has 3 N–H and O–H groups in total. The zero-order chi connectivity index (χ0) is 13.6. The molecule has 0 amide bonds. The van der Waals surface area contributed by atoms with Gasteiger partial charge in [-0.05, 0) is 0 Å². The number of rotatable bonds is 8. The van der Waals surface area contributed by atoms with Crippen LogP contribution in [-0.2, 0) is 40.2 Å². The van der Waals surface area contributed by atoms with Crippen molar-refractivity contribution in [3.63, 3.8) is 0 Å². The van der Waals surface area contributed by atoms with E-state index in [1.54, 1.807) is 0 Å². The van der Waals surface area contributed by atoms with Crippen LogP contribution in [0, 0.1) is 0 Å². The number of carbonyl (C=O) groups is 4. The Kier molecular flexibility index (Phi) is 11.2. The molecule has 0 unspecified atom stereocenters. The third-order valence-corrected chi connectivity index (χ3v) is 1.86. The Morgan fingerprint density at radius 2 is 0.789 bits per heavy atom. The van der Waals surface area contributed by atoms with Crippen molar-refractivity contribution in [1.82, 2.24) is 6.15 Å². The Bertz CT molecular complexity index is 289. The van der Waals surface area contributed by atoms with Crippen LogP contribution in [-0.4, -0.2) is 54.5 Å². The summed E-state index contributed by atoms with van der Waals surface area (Å²) < 4.78 is -1.32. The summed E-state index contributed by atoms with van der Waals surface area (Å²) in [5.41, 5.74) is 0. The van der Waals surface area contributed by atoms with E-state index >= 15 is 0 Å². The maximum Gasteiger partial charge on any atom is 0.120 e. The number of carbonyl (C=O) groups excluding carboxylic acids is 4. The van der Waals surface area contributed by atoms with Crippen molar-refractivity contribution < 1.29 is 65.2 Å². The van der Waals surface area contributed by atoms with Crippen LogP contribution in [0.5, 0.6) is 0 Å². The Labute approximate surface area is 122 Å². The van der Waals surface area contributed by atoms with Crippen LogP contribution in [0.2, 0.25) is 0 Å². The van der Waals surface area contributed by atoms with Gasteiger partial charge in [-0.3, -0.25) is 0 Å². The van der Waals surface area contributed by atoms with Crippen LogP contribution in [0.4, 0.5) is 0 Å². The summed E-state index contributed by atoms with van der Waals surface area (Å²) in [6, 6.07) is 0. The van der Waals surface area contributed by atoms with E-state index in [0.29, 0.717) is 0 Å². The van der Waals surface area contributed by atoms with E-state index in [9.17, 15) is 39.6 Å². The maximum atomic E-state index is 10.4. The number of carboxylic acids is 4. The average Bonchev–Trinajstić information content (AvgIpc) is 1.95. The fourth-order valence-corrected chi connectivity index (χ4v) is 1.43. The zero-order valence-electron chi connectivity index (χ0n) is 9.56. The van der Waals surface area contributed by atoms with Crippen molar-refractivity contribution in [2.75, 3.05) is 26.2 Å². The number of nitrogens with zero attached hydrogens (tertiary/aromatic N) is 1. The molecule has 0 saturated heterocycles. The van der Waals surface area contributed by atoms with Gasteiger partial charge in [-0.25, -0.2) is 0 Å². The van der Waals surface area contributed by atoms with Gasteiger partial charge in [0.15, 0.2) is 0 Å². The fourth-order valence-electron chi connectivity index (χ4n) is 1.43. The van der Waals surface area contributed by atoms with Gasteiger partial charge < -0.3 is 50.2 Å². The molecule has 114 valence electrons. The second-order valence-corrected chi connectivity index (χ2v) is 3.46. The normalized spacial score (nSPS) is 9.68. The van der Waals surface area contributed by atoms with Crippen molar-refractivity contribution in [2.24, 2.45) is 0 Å². The van der Waals surface area contributed by atoms with Gasteiger partial charge in [0.1, 0.15) is 26.2 Å². The molecule has 19 heavy (non-hydrogen) atoms. The molecule has 0 radical (unpaired) electrons. The van der Waals surface area contributed by atoms with E-state index in [4.69, 9.17) is 0 Å². The molecule has 0 aliphatic heterocycles. The fraction of sp³-hybridized carbons (Fsp3) is 0.500. The summed E-state index contributed by atoms with van der Waals surface area (Å²) in [6.07, 6.45) is 0. The molecule has 10 nitrogen and oxygen atoms in total. The Morgan fingerprint density at radius 3 is 0.895 bits per heavy atom. The van der Waals surface area contributed by atoms with Gasteiger partial charge in [-0.1, -0.05) is 0 Å². The third kappa shape index (κ3) is 10.1. The first kappa shape index (κ1) is 22.6. The van der Waals surface area contributed by atoms with Crippen molar-refractivity contribution >= 4 is 23.9 Å². The summed E-state index contributed by atoms with van der Waals surface area (Å²) in [4.78, 5) is 41.6. The van der Waals surface area contributed by atoms with E-state index in [1.165, 1.54) is 0 Å². The van der Waals surface area contributed by atoms with E-state index < -0.39 is 54.5 Å². The minimum atomic E-state index is -1.80. The zero-order valence-corrected chi connectivity index (χ0v) is 11.8. The van der Waals surface area contributed by atoms with E-state index in [1.807, 2.05) is 0 Å². The molecule has 0 aliphatic carbocycles. The maximum absolute atomic E-state index is 10.4. The molecule has 0 aliphatic rings. The van der Waals surface area contributed by atoms with Crippen LogP contribution in [0.3, 0.4) is 0 Å². The summed E-state index contributed by atoms with van der Waals surface area (Å²) >= 11 is 0. The molecule has 0 rings (SSSR count). The van der Waals surface area contributed by atoms with Gasteiger partial charge >= 0.3 is 0 Å². The van der Waals surface area contributed by atoms with E-state index in [-0.39, 0.29) is 27.2 Å². The van der Waals surface area contributed by atoms with Crippen molar-refractivity contribution in [1.29, 1.82) is 0 Å².